The van der Waals surface area contributed by atoms with Gasteiger partial charge in [-0.2, -0.15) is 5.26 Å². The second kappa shape index (κ2) is 16.5. The Labute approximate surface area is 375 Å². The largest absolute Gasteiger partial charge is 0.309 e. The highest BCUT2D eigenvalue weighted by Crippen LogP contribution is 2.41. The SMILES string of the molecule is [C-]#[N+]c1cc(C#N)cc(-c2ccc3c(c2)c2ccccc2n3-c2ccc(-c3nc(-c4ccccc4)cc(-c4ccccc4)n3)cc2-c2cc(-c3ccccc3)nc(-c3ccccc3)n2)c1. The molecule has 0 saturated heterocycles. The third-order valence-corrected chi connectivity index (χ3v) is 11.6. The zero-order valence-corrected chi connectivity index (χ0v) is 34.8. The van der Waals surface area contributed by atoms with E-state index in [1.165, 1.54) is 0 Å². The van der Waals surface area contributed by atoms with Crippen LogP contribution in [0.4, 0.5) is 5.69 Å². The maximum atomic E-state index is 9.81. The monoisotopic (exact) mass is 829 g/mol. The molecule has 11 aromatic rings. The van der Waals surface area contributed by atoms with Crippen LogP contribution in [-0.2, 0) is 0 Å². The summed E-state index contributed by atoms with van der Waals surface area (Å²) in [5.41, 5.74) is 14.3. The Morgan fingerprint density at radius 3 is 1.51 bits per heavy atom. The first-order chi connectivity index (χ1) is 32.1. The van der Waals surface area contributed by atoms with Gasteiger partial charge in [0.05, 0.1) is 52.1 Å². The molecule has 7 heteroatoms. The van der Waals surface area contributed by atoms with Crippen molar-refractivity contribution in [1.82, 2.24) is 24.5 Å². The molecule has 0 fully saturated rings. The molecular weight excluding hydrogens is 795 g/mol. The minimum atomic E-state index is 0.426. The maximum Gasteiger partial charge on any atom is 0.189 e. The van der Waals surface area contributed by atoms with Crippen LogP contribution in [-0.4, -0.2) is 24.5 Å². The maximum absolute atomic E-state index is 9.81. The van der Waals surface area contributed by atoms with Crippen LogP contribution in [0.2, 0.25) is 0 Å². The molecule has 0 radical (unpaired) electrons. The average Bonchev–Trinajstić information content (AvgIpc) is 3.72. The first kappa shape index (κ1) is 38.6. The second-order valence-electron chi connectivity index (χ2n) is 15.7. The summed E-state index contributed by atoms with van der Waals surface area (Å²) in [7, 11) is 0. The second-order valence-corrected chi connectivity index (χ2v) is 15.7. The minimum Gasteiger partial charge on any atom is -0.309 e. The number of para-hydroxylation sites is 1. The van der Waals surface area contributed by atoms with Crippen molar-refractivity contribution in [2.24, 2.45) is 0 Å². The van der Waals surface area contributed by atoms with Crippen LogP contribution in [0.25, 0.3) is 111 Å². The van der Waals surface area contributed by atoms with E-state index in [1.807, 2.05) is 97.1 Å². The number of aromatic nitrogens is 5. The summed E-state index contributed by atoms with van der Waals surface area (Å²) in [6.45, 7) is 7.69. The van der Waals surface area contributed by atoms with Crippen molar-refractivity contribution in [3.8, 4) is 90.7 Å². The quantitative estimate of drug-likeness (QED) is 0.142. The lowest BCUT2D eigenvalue weighted by molar-refractivity contribution is 1.14. The van der Waals surface area contributed by atoms with Gasteiger partial charge in [-0.1, -0.05) is 146 Å². The minimum absolute atomic E-state index is 0.426. The topological polar surface area (TPSA) is 84.6 Å². The summed E-state index contributed by atoms with van der Waals surface area (Å²) in [6.07, 6.45) is 0. The predicted octanol–water partition coefficient (Wildman–Crippen LogP) is 14.5. The van der Waals surface area contributed by atoms with Gasteiger partial charge in [0.15, 0.2) is 17.3 Å². The molecule has 0 aliphatic rings. The van der Waals surface area contributed by atoms with E-state index in [2.05, 4.69) is 125 Å². The molecule has 0 spiro atoms. The van der Waals surface area contributed by atoms with Crippen molar-refractivity contribution in [2.75, 3.05) is 0 Å². The first-order valence-corrected chi connectivity index (χ1v) is 21.2. The van der Waals surface area contributed by atoms with Gasteiger partial charge in [-0.25, -0.2) is 24.8 Å². The Balaban J connectivity index is 1.19. The van der Waals surface area contributed by atoms with Crippen LogP contribution in [0.5, 0.6) is 0 Å². The van der Waals surface area contributed by atoms with Gasteiger partial charge in [-0.05, 0) is 77.9 Å². The molecule has 0 aliphatic carbocycles. The molecule has 8 aromatic carbocycles. The van der Waals surface area contributed by atoms with E-state index in [9.17, 15) is 5.26 Å². The summed E-state index contributed by atoms with van der Waals surface area (Å²) in [6, 6.07) is 73.5. The van der Waals surface area contributed by atoms with E-state index in [-0.39, 0.29) is 0 Å². The fourth-order valence-corrected chi connectivity index (χ4v) is 8.54. The van der Waals surface area contributed by atoms with Gasteiger partial charge in [-0.15, -0.1) is 0 Å². The third kappa shape index (κ3) is 7.36. The standard InChI is InChI=1S/C58H35N7/c1-60-46-31-38(37-59)30-45(32-46)43-26-28-55-48(33-43)47-24-14-15-25-54(47)65(55)56-29-27-44(58-62-50(39-16-6-2-7-17-39)35-51(63-58)40-18-8-3-9-19-40)34-49(56)53-36-52(41-20-10-4-11-21-41)61-57(64-53)42-22-12-5-13-23-42/h2-36H. The van der Waals surface area contributed by atoms with Crippen molar-refractivity contribution in [2.45, 2.75) is 0 Å². The van der Waals surface area contributed by atoms with E-state index in [4.69, 9.17) is 26.5 Å². The normalized spacial score (nSPS) is 11.0. The average molecular weight is 830 g/mol. The number of nitriles is 1. The lowest BCUT2D eigenvalue weighted by Gasteiger charge is -2.17. The van der Waals surface area contributed by atoms with Crippen LogP contribution in [0.15, 0.2) is 212 Å². The zero-order valence-electron chi connectivity index (χ0n) is 34.8. The van der Waals surface area contributed by atoms with Crippen LogP contribution in [0.1, 0.15) is 5.56 Å². The summed E-state index contributed by atoms with van der Waals surface area (Å²) in [5.74, 6) is 1.20. The Morgan fingerprint density at radius 1 is 0.400 bits per heavy atom. The molecule has 0 aliphatic heterocycles. The van der Waals surface area contributed by atoms with Crippen LogP contribution >= 0.6 is 0 Å². The molecule has 0 N–H and O–H groups in total. The Bertz CT molecular complexity index is 3520. The van der Waals surface area contributed by atoms with E-state index in [0.717, 1.165) is 94.8 Å². The van der Waals surface area contributed by atoms with Crippen molar-refractivity contribution in [1.29, 1.82) is 5.26 Å². The summed E-state index contributed by atoms with van der Waals surface area (Å²) < 4.78 is 2.30. The molecule has 0 unspecified atom stereocenters. The number of rotatable bonds is 8. The molecule has 65 heavy (non-hydrogen) atoms. The highest BCUT2D eigenvalue weighted by molar-refractivity contribution is 6.11. The zero-order chi connectivity index (χ0) is 43.7. The van der Waals surface area contributed by atoms with E-state index < -0.39 is 0 Å². The van der Waals surface area contributed by atoms with Gasteiger partial charge in [0.25, 0.3) is 0 Å². The Morgan fingerprint density at radius 2 is 0.908 bits per heavy atom. The Kier molecular flexibility index (Phi) is 9.82. The van der Waals surface area contributed by atoms with Crippen molar-refractivity contribution < 1.29 is 0 Å². The van der Waals surface area contributed by atoms with Crippen LogP contribution in [0.3, 0.4) is 0 Å². The van der Waals surface area contributed by atoms with Gasteiger partial charge < -0.3 is 4.57 Å². The number of hydrogen-bond donors (Lipinski definition) is 0. The molecule has 0 atom stereocenters. The van der Waals surface area contributed by atoms with Gasteiger partial charge >= 0.3 is 0 Å². The smallest absolute Gasteiger partial charge is 0.189 e. The van der Waals surface area contributed by atoms with E-state index in [1.54, 1.807) is 6.07 Å². The first-order valence-electron chi connectivity index (χ1n) is 21.2. The van der Waals surface area contributed by atoms with E-state index >= 15 is 0 Å². The Hall–Kier alpha value is -9.30. The number of fused-ring (bicyclic) bond motifs is 3. The third-order valence-electron chi connectivity index (χ3n) is 11.6. The number of hydrogen-bond acceptors (Lipinski definition) is 5. The molecule has 0 saturated carbocycles. The highest BCUT2D eigenvalue weighted by Gasteiger charge is 2.21. The molecule has 302 valence electrons. The van der Waals surface area contributed by atoms with Crippen LogP contribution < -0.4 is 0 Å². The van der Waals surface area contributed by atoms with Crippen LogP contribution in [0, 0.1) is 17.9 Å². The van der Waals surface area contributed by atoms with Crippen molar-refractivity contribution >= 4 is 27.5 Å². The predicted molar refractivity (Wildman–Crippen MR) is 261 cm³/mol. The molecule has 11 rings (SSSR count). The van der Waals surface area contributed by atoms with Gasteiger partial charge in [0.1, 0.15) is 0 Å². The summed E-state index contributed by atoms with van der Waals surface area (Å²) in [4.78, 5) is 24.6. The van der Waals surface area contributed by atoms with Gasteiger partial charge in [-0.3, -0.25) is 0 Å². The van der Waals surface area contributed by atoms with E-state index in [0.29, 0.717) is 22.9 Å². The molecule has 0 bridgehead atoms. The summed E-state index contributed by atoms with van der Waals surface area (Å²) >= 11 is 0. The van der Waals surface area contributed by atoms with Crippen molar-refractivity contribution in [3.05, 3.63) is 229 Å². The van der Waals surface area contributed by atoms with Crippen molar-refractivity contribution in [3.63, 3.8) is 0 Å². The number of nitrogens with zero attached hydrogens (tertiary/aromatic N) is 7. The summed E-state index contributed by atoms with van der Waals surface area (Å²) in [5, 5.41) is 11.9. The fraction of sp³-hybridized carbons (Fsp3) is 0. The molecule has 3 heterocycles. The lowest BCUT2D eigenvalue weighted by atomic mass is 10.00. The molecule has 7 nitrogen and oxygen atoms in total. The van der Waals surface area contributed by atoms with Gasteiger partial charge in [0, 0.05) is 49.7 Å². The highest BCUT2D eigenvalue weighted by atomic mass is 15.0. The lowest BCUT2D eigenvalue weighted by Crippen LogP contribution is -2.02. The fourth-order valence-electron chi connectivity index (χ4n) is 8.54. The van der Waals surface area contributed by atoms with Gasteiger partial charge in [0.2, 0.25) is 0 Å². The molecule has 3 aromatic heterocycles. The number of benzene rings is 8. The molecular formula is C58H35N7. The molecule has 0 amide bonds.